The highest BCUT2D eigenvalue weighted by molar-refractivity contribution is 4.82. The van der Waals surface area contributed by atoms with E-state index in [1.54, 1.807) is 0 Å². The molecule has 0 aromatic carbocycles. The Bertz CT molecular complexity index is 109. The maximum Gasteiger partial charge on any atom is 0.189 e. The topological polar surface area (TPSA) is 49.7 Å². The summed E-state index contributed by atoms with van der Waals surface area (Å²) in [4.78, 5) is 0. The van der Waals surface area contributed by atoms with Crippen molar-refractivity contribution in [3.8, 4) is 0 Å². The minimum Gasteiger partial charge on any atom is -0.493 e. The number of allylic oxidation sites excluding steroid dienone is 1. The summed E-state index contributed by atoms with van der Waals surface area (Å²) in [5, 5.41) is 17.1. The van der Waals surface area contributed by atoms with Crippen LogP contribution < -0.4 is 0 Å². The predicted molar refractivity (Wildman–Crippen MR) is 31.5 cm³/mol. The third-order valence-electron chi connectivity index (χ3n) is 1.30. The molecule has 1 rings (SSSR count). The Kier molecular flexibility index (Phi) is 2.08. The zero-order valence-electron chi connectivity index (χ0n) is 5.03. The van der Waals surface area contributed by atoms with E-state index in [1.165, 1.54) is 6.26 Å². The molecule has 1 unspecified atom stereocenters. The number of ether oxygens (including phenoxy) is 1. The second kappa shape index (κ2) is 2.85. The van der Waals surface area contributed by atoms with Gasteiger partial charge in [-0.15, -0.1) is 0 Å². The highest BCUT2D eigenvalue weighted by atomic mass is 16.5. The molecule has 1 aliphatic heterocycles. The maximum absolute atomic E-state index is 8.57. The fourth-order valence-electron chi connectivity index (χ4n) is 0.772. The molecule has 0 aliphatic carbocycles. The Morgan fingerprint density at radius 1 is 1.56 bits per heavy atom. The molecule has 0 fully saturated rings. The standard InChI is InChI=1S/C6H10O3/c7-6(8)5-3-1-2-4-9-5/h2,4-8H,1,3H2. The van der Waals surface area contributed by atoms with Gasteiger partial charge >= 0.3 is 0 Å². The molecule has 1 atom stereocenters. The minimum atomic E-state index is -1.34. The summed E-state index contributed by atoms with van der Waals surface area (Å²) in [5.41, 5.74) is 0. The van der Waals surface area contributed by atoms with Gasteiger partial charge in [-0.2, -0.15) is 0 Å². The van der Waals surface area contributed by atoms with Crippen LogP contribution in [0.5, 0.6) is 0 Å². The van der Waals surface area contributed by atoms with Crippen molar-refractivity contribution < 1.29 is 14.9 Å². The van der Waals surface area contributed by atoms with Gasteiger partial charge in [-0.1, -0.05) is 0 Å². The molecule has 3 heteroatoms. The monoisotopic (exact) mass is 130 g/mol. The molecule has 3 nitrogen and oxygen atoms in total. The fraction of sp³-hybridized carbons (Fsp3) is 0.667. The second-order valence-corrected chi connectivity index (χ2v) is 2.04. The van der Waals surface area contributed by atoms with Gasteiger partial charge in [-0.25, -0.2) is 0 Å². The number of rotatable bonds is 1. The van der Waals surface area contributed by atoms with Gasteiger partial charge in [0, 0.05) is 0 Å². The van der Waals surface area contributed by atoms with Crippen LogP contribution in [0.3, 0.4) is 0 Å². The van der Waals surface area contributed by atoms with Crippen molar-refractivity contribution in [2.24, 2.45) is 0 Å². The number of aliphatic hydroxyl groups is 2. The van der Waals surface area contributed by atoms with Gasteiger partial charge in [-0.3, -0.25) is 0 Å². The molecule has 1 aliphatic rings. The van der Waals surface area contributed by atoms with Crippen molar-refractivity contribution in [1.29, 1.82) is 0 Å². The van der Waals surface area contributed by atoms with E-state index in [9.17, 15) is 0 Å². The normalized spacial score (nSPS) is 26.3. The zero-order valence-corrected chi connectivity index (χ0v) is 5.03. The van der Waals surface area contributed by atoms with Gasteiger partial charge in [0.2, 0.25) is 0 Å². The van der Waals surface area contributed by atoms with Gasteiger partial charge in [0.05, 0.1) is 6.26 Å². The maximum atomic E-state index is 8.57. The molecule has 1 heterocycles. The van der Waals surface area contributed by atoms with E-state index in [1.807, 2.05) is 6.08 Å². The first kappa shape index (κ1) is 6.58. The van der Waals surface area contributed by atoms with Gasteiger partial charge in [0.25, 0.3) is 0 Å². The molecule has 0 saturated carbocycles. The van der Waals surface area contributed by atoms with Crippen LogP contribution in [0.4, 0.5) is 0 Å². The summed E-state index contributed by atoms with van der Waals surface area (Å²) in [6.45, 7) is 0. The Hall–Kier alpha value is -0.540. The SMILES string of the molecule is OC(O)C1CCC=CO1. The third-order valence-corrected chi connectivity index (χ3v) is 1.30. The quantitative estimate of drug-likeness (QED) is 0.491. The van der Waals surface area contributed by atoms with E-state index < -0.39 is 12.4 Å². The van der Waals surface area contributed by atoms with Crippen LogP contribution in [-0.4, -0.2) is 22.6 Å². The first-order chi connectivity index (χ1) is 4.30. The molecule has 0 spiro atoms. The van der Waals surface area contributed by atoms with Gasteiger partial charge in [0.1, 0.15) is 6.10 Å². The molecular weight excluding hydrogens is 120 g/mol. The Balaban J connectivity index is 2.35. The lowest BCUT2D eigenvalue weighted by atomic mass is 10.1. The van der Waals surface area contributed by atoms with Crippen molar-refractivity contribution >= 4 is 0 Å². The van der Waals surface area contributed by atoms with Crippen LogP contribution >= 0.6 is 0 Å². The lowest BCUT2D eigenvalue weighted by Gasteiger charge is -2.20. The summed E-state index contributed by atoms with van der Waals surface area (Å²) in [5.74, 6) is 0. The molecule has 0 amide bonds. The average Bonchev–Trinajstić information content (AvgIpc) is 1.90. The third kappa shape index (κ3) is 1.69. The van der Waals surface area contributed by atoms with Crippen LogP contribution in [0.2, 0.25) is 0 Å². The largest absolute Gasteiger partial charge is 0.493 e. The van der Waals surface area contributed by atoms with Crippen LogP contribution in [0, 0.1) is 0 Å². The predicted octanol–water partition coefficient (Wildman–Crippen LogP) is -0.0102. The van der Waals surface area contributed by atoms with E-state index in [2.05, 4.69) is 0 Å². The fourth-order valence-corrected chi connectivity index (χ4v) is 0.772. The Morgan fingerprint density at radius 2 is 2.33 bits per heavy atom. The van der Waals surface area contributed by atoms with Crippen molar-refractivity contribution in [2.75, 3.05) is 0 Å². The average molecular weight is 130 g/mol. The summed E-state index contributed by atoms with van der Waals surface area (Å²) in [6.07, 6.45) is 3.16. The van der Waals surface area contributed by atoms with Crippen molar-refractivity contribution in [2.45, 2.75) is 25.2 Å². The van der Waals surface area contributed by atoms with Crippen molar-refractivity contribution in [1.82, 2.24) is 0 Å². The van der Waals surface area contributed by atoms with Crippen LogP contribution in [0.1, 0.15) is 12.8 Å². The van der Waals surface area contributed by atoms with Crippen molar-refractivity contribution in [3.05, 3.63) is 12.3 Å². The highest BCUT2D eigenvalue weighted by Gasteiger charge is 2.17. The van der Waals surface area contributed by atoms with Gasteiger partial charge in [0.15, 0.2) is 6.29 Å². The summed E-state index contributed by atoms with van der Waals surface area (Å²) >= 11 is 0. The summed E-state index contributed by atoms with van der Waals surface area (Å²) < 4.78 is 4.86. The molecule has 0 radical (unpaired) electrons. The molecule has 0 bridgehead atoms. The number of aliphatic hydroxyl groups excluding tert-OH is 1. The van der Waals surface area contributed by atoms with E-state index in [0.29, 0.717) is 6.42 Å². The molecule has 9 heavy (non-hydrogen) atoms. The summed E-state index contributed by atoms with van der Waals surface area (Å²) in [7, 11) is 0. The van der Waals surface area contributed by atoms with Crippen LogP contribution in [0.25, 0.3) is 0 Å². The molecule has 0 saturated heterocycles. The minimum absolute atomic E-state index is 0.421. The van der Waals surface area contributed by atoms with Crippen LogP contribution in [0.15, 0.2) is 12.3 Å². The molecule has 0 aromatic rings. The van der Waals surface area contributed by atoms with E-state index in [0.717, 1.165) is 6.42 Å². The molecule has 2 N–H and O–H groups in total. The summed E-state index contributed by atoms with van der Waals surface area (Å²) in [6, 6.07) is 0. The van der Waals surface area contributed by atoms with Crippen LogP contribution in [-0.2, 0) is 4.74 Å². The molecule has 52 valence electrons. The molecular formula is C6H10O3. The second-order valence-electron chi connectivity index (χ2n) is 2.04. The number of hydrogen-bond acceptors (Lipinski definition) is 3. The number of hydrogen-bond donors (Lipinski definition) is 2. The lowest BCUT2D eigenvalue weighted by molar-refractivity contribution is -0.129. The van der Waals surface area contributed by atoms with E-state index >= 15 is 0 Å². The lowest BCUT2D eigenvalue weighted by Crippen LogP contribution is -2.28. The first-order valence-corrected chi connectivity index (χ1v) is 2.97. The Morgan fingerprint density at radius 3 is 2.67 bits per heavy atom. The Labute approximate surface area is 53.6 Å². The molecule has 0 aromatic heterocycles. The van der Waals surface area contributed by atoms with Gasteiger partial charge < -0.3 is 14.9 Å². The van der Waals surface area contributed by atoms with Gasteiger partial charge in [-0.05, 0) is 18.9 Å². The highest BCUT2D eigenvalue weighted by Crippen LogP contribution is 2.11. The smallest absolute Gasteiger partial charge is 0.189 e. The van der Waals surface area contributed by atoms with E-state index in [-0.39, 0.29) is 0 Å². The van der Waals surface area contributed by atoms with Crippen molar-refractivity contribution in [3.63, 3.8) is 0 Å². The van der Waals surface area contributed by atoms with E-state index in [4.69, 9.17) is 14.9 Å². The first-order valence-electron chi connectivity index (χ1n) is 2.97. The zero-order chi connectivity index (χ0) is 6.69.